The van der Waals surface area contributed by atoms with Crippen LogP contribution in [0, 0.1) is 4.77 Å². The molecule has 1 aliphatic heterocycles. The largest absolute Gasteiger partial charge is 0.440 e. The highest BCUT2D eigenvalue weighted by molar-refractivity contribution is 7.71. The number of piperidine rings is 1. The standard InChI is InChI=1S/C22H24N6OS/c1-2-27-20(16-7-11-23-12-8-16)25-28(22(27)30)15-26-13-9-17(10-14-26)21-24-18-5-3-4-6-19(18)29-21/h3-8,11-12,17H,2,9-10,13-15H2,1H3. The highest BCUT2D eigenvalue weighted by Gasteiger charge is 2.25. The Bertz CT molecular complexity index is 1170. The van der Waals surface area contributed by atoms with Crippen molar-refractivity contribution < 1.29 is 4.42 Å². The predicted molar refractivity (Wildman–Crippen MR) is 118 cm³/mol. The summed E-state index contributed by atoms with van der Waals surface area (Å²) in [6.45, 7) is 5.52. The van der Waals surface area contributed by atoms with E-state index in [2.05, 4.69) is 21.4 Å². The molecule has 0 amide bonds. The lowest BCUT2D eigenvalue weighted by atomic mass is 9.97. The van der Waals surface area contributed by atoms with Gasteiger partial charge in [-0.05, 0) is 56.2 Å². The second-order valence-electron chi connectivity index (χ2n) is 7.64. The van der Waals surface area contributed by atoms with Crippen LogP contribution in [0.2, 0.25) is 0 Å². The fourth-order valence-corrected chi connectivity index (χ4v) is 4.42. The number of rotatable bonds is 5. The summed E-state index contributed by atoms with van der Waals surface area (Å²) in [6.07, 6.45) is 5.61. The van der Waals surface area contributed by atoms with Crippen molar-refractivity contribution in [3.05, 3.63) is 59.5 Å². The summed E-state index contributed by atoms with van der Waals surface area (Å²) in [7, 11) is 0. The molecule has 4 heterocycles. The third-order valence-electron chi connectivity index (χ3n) is 5.76. The number of hydrogen-bond donors (Lipinski definition) is 0. The van der Waals surface area contributed by atoms with Crippen molar-refractivity contribution in [1.29, 1.82) is 0 Å². The molecule has 0 unspecified atom stereocenters. The van der Waals surface area contributed by atoms with Crippen LogP contribution in [0.25, 0.3) is 22.5 Å². The van der Waals surface area contributed by atoms with Crippen LogP contribution in [-0.2, 0) is 13.2 Å². The Balaban J connectivity index is 1.30. The Kier molecular flexibility index (Phi) is 5.18. The van der Waals surface area contributed by atoms with Crippen molar-refractivity contribution in [2.45, 2.75) is 38.9 Å². The molecular formula is C22H24N6OS. The van der Waals surface area contributed by atoms with Gasteiger partial charge in [-0.1, -0.05) is 12.1 Å². The zero-order chi connectivity index (χ0) is 20.5. The van der Waals surface area contributed by atoms with Gasteiger partial charge in [0.2, 0.25) is 0 Å². The molecule has 1 aliphatic rings. The maximum atomic E-state index is 5.99. The number of nitrogens with zero attached hydrogens (tertiary/aromatic N) is 6. The van der Waals surface area contributed by atoms with Crippen molar-refractivity contribution in [2.75, 3.05) is 13.1 Å². The quantitative estimate of drug-likeness (QED) is 0.444. The molecule has 1 aromatic carbocycles. The third-order valence-corrected chi connectivity index (χ3v) is 6.19. The Morgan fingerprint density at radius 3 is 2.60 bits per heavy atom. The van der Waals surface area contributed by atoms with E-state index in [1.54, 1.807) is 12.4 Å². The number of benzene rings is 1. The minimum absolute atomic E-state index is 0.363. The van der Waals surface area contributed by atoms with Crippen LogP contribution in [-0.4, -0.2) is 42.3 Å². The van der Waals surface area contributed by atoms with Crippen molar-refractivity contribution in [2.24, 2.45) is 0 Å². The lowest BCUT2D eigenvalue weighted by Gasteiger charge is -2.30. The normalized spacial score (nSPS) is 15.8. The van der Waals surface area contributed by atoms with E-state index in [0.717, 1.165) is 65.6 Å². The van der Waals surface area contributed by atoms with Crippen LogP contribution >= 0.6 is 12.2 Å². The predicted octanol–water partition coefficient (Wildman–Crippen LogP) is 4.47. The molecule has 4 aromatic rings. The van der Waals surface area contributed by atoms with Crippen molar-refractivity contribution in [1.82, 2.24) is 29.2 Å². The minimum Gasteiger partial charge on any atom is -0.440 e. The Hall–Kier alpha value is -2.84. The average molecular weight is 421 g/mol. The molecule has 0 saturated carbocycles. The molecule has 7 nitrogen and oxygen atoms in total. The van der Waals surface area contributed by atoms with E-state index < -0.39 is 0 Å². The van der Waals surface area contributed by atoms with Gasteiger partial charge in [-0.3, -0.25) is 9.88 Å². The number of hydrogen-bond acceptors (Lipinski definition) is 6. The van der Waals surface area contributed by atoms with Gasteiger partial charge in [0, 0.05) is 43.5 Å². The first kappa shape index (κ1) is 19.1. The number of oxazole rings is 1. The number of fused-ring (bicyclic) bond motifs is 1. The summed E-state index contributed by atoms with van der Waals surface area (Å²) < 4.78 is 10.8. The van der Waals surface area contributed by atoms with Crippen LogP contribution in [0.5, 0.6) is 0 Å². The van der Waals surface area contributed by atoms with E-state index in [1.165, 1.54) is 0 Å². The van der Waals surface area contributed by atoms with E-state index in [9.17, 15) is 0 Å². The summed E-state index contributed by atoms with van der Waals surface area (Å²) in [5.74, 6) is 2.12. The molecule has 154 valence electrons. The fourth-order valence-electron chi connectivity index (χ4n) is 4.11. The maximum absolute atomic E-state index is 5.99. The Labute approximate surface area is 180 Å². The zero-order valence-electron chi connectivity index (χ0n) is 16.9. The van der Waals surface area contributed by atoms with E-state index in [-0.39, 0.29) is 0 Å². The molecule has 8 heteroatoms. The first-order chi connectivity index (χ1) is 14.7. The molecular weight excluding hydrogens is 396 g/mol. The second-order valence-corrected chi connectivity index (χ2v) is 8.00. The van der Waals surface area contributed by atoms with E-state index in [1.807, 2.05) is 41.1 Å². The van der Waals surface area contributed by atoms with Crippen LogP contribution in [0.3, 0.4) is 0 Å². The molecule has 0 atom stereocenters. The highest BCUT2D eigenvalue weighted by atomic mass is 32.1. The molecule has 0 N–H and O–H groups in total. The number of likely N-dealkylation sites (tertiary alicyclic amines) is 1. The van der Waals surface area contributed by atoms with Crippen molar-refractivity contribution >= 4 is 23.3 Å². The Morgan fingerprint density at radius 2 is 1.87 bits per heavy atom. The summed E-state index contributed by atoms with van der Waals surface area (Å²) in [5, 5.41) is 4.83. The SMILES string of the molecule is CCn1c(-c2ccncc2)nn(CN2CCC(c3nc4ccccc4o3)CC2)c1=S. The fraction of sp³-hybridized carbons (Fsp3) is 0.364. The monoisotopic (exact) mass is 420 g/mol. The topological polar surface area (TPSA) is 64.9 Å². The lowest BCUT2D eigenvalue weighted by Crippen LogP contribution is -2.35. The van der Waals surface area contributed by atoms with Gasteiger partial charge in [0.15, 0.2) is 22.1 Å². The summed E-state index contributed by atoms with van der Waals surface area (Å²) in [5.41, 5.74) is 2.84. The molecule has 0 bridgehead atoms. The number of para-hydroxylation sites is 2. The van der Waals surface area contributed by atoms with Gasteiger partial charge >= 0.3 is 0 Å². The van der Waals surface area contributed by atoms with Gasteiger partial charge in [0.1, 0.15) is 5.52 Å². The lowest BCUT2D eigenvalue weighted by molar-refractivity contribution is 0.153. The van der Waals surface area contributed by atoms with Crippen molar-refractivity contribution in [3.63, 3.8) is 0 Å². The highest BCUT2D eigenvalue weighted by Crippen LogP contribution is 2.30. The van der Waals surface area contributed by atoms with Crippen LogP contribution in [0.4, 0.5) is 0 Å². The van der Waals surface area contributed by atoms with Gasteiger partial charge in [0.05, 0.1) is 6.67 Å². The number of aromatic nitrogens is 5. The summed E-state index contributed by atoms with van der Waals surface area (Å²) in [4.78, 5) is 11.2. The van der Waals surface area contributed by atoms with Crippen molar-refractivity contribution in [3.8, 4) is 11.4 Å². The maximum Gasteiger partial charge on any atom is 0.199 e. The molecule has 5 rings (SSSR count). The Morgan fingerprint density at radius 1 is 1.10 bits per heavy atom. The van der Waals surface area contributed by atoms with Crippen LogP contribution in [0.1, 0.15) is 31.6 Å². The molecule has 1 fully saturated rings. The first-order valence-electron chi connectivity index (χ1n) is 10.4. The van der Waals surface area contributed by atoms with Gasteiger partial charge in [-0.25, -0.2) is 9.67 Å². The van der Waals surface area contributed by atoms with Gasteiger partial charge < -0.3 is 8.98 Å². The first-order valence-corrected chi connectivity index (χ1v) is 10.8. The molecule has 0 aliphatic carbocycles. The zero-order valence-corrected chi connectivity index (χ0v) is 17.8. The average Bonchev–Trinajstić information content (AvgIpc) is 3.36. The van der Waals surface area contributed by atoms with E-state index >= 15 is 0 Å². The van der Waals surface area contributed by atoms with Gasteiger partial charge in [-0.2, -0.15) is 5.10 Å². The summed E-state index contributed by atoms with van der Waals surface area (Å²) in [6, 6.07) is 11.9. The van der Waals surface area contributed by atoms with E-state index in [0.29, 0.717) is 12.6 Å². The second kappa shape index (κ2) is 8.12. The molecule has 30 heavy (non-hydrogen) atoms. The molecule has 3 aromatic heterocycles. The van der Waals surface area contributed by atoms with Crippen LogP contribution in [0.15, 0.2) is 53.2 Å². The van der Waals surface area contributed by atoms with Crippen LogP contribution < -0.4 is 0 Å². The molecule has 1 saturated heterocycles. The van der Waals surface area contributed by atoms with Gasteiger partial charge in [0.25, 0.3) is 0 Å². The minimum atomic E-state index is 0.363. The summed E-state index contributed by atoms with van der Waals surface area (Å²) >= 11 is 5.71. The number of pyridine rings is 1. The third kappa shape index (κ3) is 3.57. The smallest absolute Gasteiger partial charge is 0.199 e. The van der Waals surface area contributed by atoms with E-state index in [4.69, 9.17) is 26.7 Å². The molecule has 0 radical (unpaired) electrons. The molecule has 0 spiro atoms. The van der Waals surface area contributed by atoms with Gasteiger partial charge in [-0.15, -0.1) is 0 Å².